The zero-order valence-electron chi connectivity index (χ0n) is 8.91. The highest BCUT2D eigenvalue weighted by molar-refractivity contribution is 14.1. The third kappa shape index (κ3) is 2.64. The SMILES string of the molecule is CCOC(=O)c1cc(C#N)c(OC)cc1I. The van der Waals surface area contributed by atoms with Crippen molar-refractivity contribution in [2.45, 2.75) is 6.92 Å². The second-order valence-electron chi connectivity index (χ2n) is 2.86. The Morgan fingerprint density at radius 3 is 2.75 bits per heavy atom. The van der Waals surface area contributed by atoms with Gasteiger partial charge in [0.15, 0.2) is 0 Å². The summed E-state index contributed by atoms with van der Waals surface area (Å²) in [6.07, 6.45) is 0. The highest BCUT2D eigenvalue weighted by atomic mass is 127. The van der Waals surface area contributed by atoms with E-state index in [0.29, 0.717) is 27.1 Å². The lowest BCUT2D eigenvalue weighted by Gasteiger charge is -2.08. The molecule has 0 atom stereocenters. The molecule has 0 bridgehead atoms. The first-order valence-corrected chi connectivity index (χ1v) is 5.66. The summed E-state index contributed by atoms with van der Waals surface area (Å²) in [5.74, 6) is 0.0333. The molecule has 0 N–H and O–H groups in total. The quantitative estimate of drug-likeness (QED) is 0.630. The van der Waals surface area contributed by atoms with Crippen LogP contribution in [0.15, 0.2) is 12.1 Å². The zero-order chi connectivity index (χ0) is 12.1. The average molecular weight is 331 g/mol. The monoisotopic (exact) mass is 331 g/mol. The highest BCUT2D eigenvalue weighted by Crippen LogP contribution is 2.24. The summed E-state index contributed by atoms with van der Waals surface area (Å²) in [7, 11) is 1.48. The number of nitrogens with zero attached hydrogens (tertiary/aromatic N) is 1. The summed E-state index contributed by atoms with van der Waals surface area (Å²) in [5, 5.41) is 8.89. The van der Waals surface area contributed by atoms with E-state index in [1.807, 2.05) is 28.7 Å². The van der Waals surface area contributed by atoms with Gasteiger partial charge in [0, 0.05) is 3.57 Å². The van der Waals surface area contributed by atoms with Crippen molar-refractivity contribution in [3.63, 3.8) is 0 Å². The summed E-state index contributed by atoms with van der Waals surface area (Å²) < 4.78 is 10.6. The minimum absolute atomic E-state index is 0.308. The number of carbonyl (C=O) groups excluding carboxylic acids is 1. The molecule has 4 nitrogen and oxygen atoms in total. The molecule has 16 heavy (non-hydrogen) atoms. The molecule has 0 heterocycles. The van der Waals surface area contributed by atoms with E-state index in [4.69, 9.17) is 14.7 Å². The first kappa shape index (κ1) is 12.8. The van der Waals surface area contributed by atoms with Crippen molar-refractivity contribution < 1.29 is 14.3 Å². The van der Waals surface area contributed by atoms with Gasteiger partial charge in [0.05, 0.1) is 24.8 Å². The lowest BCUT2D eigenvalue weighted by Crippen LogP contribution is -2.07. The maximum atomic E-state index is 11.6. The number of hydrogen-bond donors (Lipinski definition) is 0. The van der Waals surface area contributed by atoms with Crippen molar-refractivity contribution in [3.8, 4) is 11.8 Å². The zero-order valence-corrected chi connectivity index (χ0v) is 11.1. The number of ether oxygens (including phenoxy) is 2. The Balaban J connectivity index is 3.22. The van der Waals surface area contributed by atoms with Crippen LogP contribution >= 0.6 is 22.6 Å². The van der Waals surface area contributed by atoms with Crippen LogP contribution in [-0.2, 0) is 4.74 Å². The van der Waals surface area contributed by atoms with Gasteiger partial charge >= 0.3 is 5.97 Å². The molecule has 0 aromatic heterocycles. The minimum atomic E-state index is -0.425. The van der Waals surface area contributed by atoms with E-state index in [1.54, 1.807) is 13.0 Å². The fourth-order valence-corrected chi connectivity index (χ4v) is 1.84. The van der Waals surface area contributed by atoms with Crippen LogP contribution in [0.1, 0.15) is 22.8 Å². The van der Waals surface area contributed by atoms with Gasteiger partial charge in [-0.15, -0.1) is 0 Å². The molecule has 1 aromatic carbocycles. The molecule has 0 amide bonds. The van der Waals surface area contributed by atoms with Crippen molar-refractivity contribution in [1.29, 1.82) is 5.26 Å². The standard InChI is InChI=1S/C11H10INO3/c1-3-16-11(14)8-4-7(6-13)10(15-2)5-9(8)12/h4-5H,3H2,1-2H3. The molecule has 0 aliphatic carbocycles. The van der Waals surface area contributed by atoms with Gasteiger partial charge in [-0.1, -0.05) is 0 Å². The Morgan fingerprint density at radius 2 is 2.25 bits per heavy atom. The number of hydrogen-bond acceptors (Lipinski definition) is 4. The maximum Gasteiger partial charge on any atom is 0.339 e. The lowest BCUT2D eigenvalue weighted by atomic mass is 10.1. The molecular weight excluding hydrogens is 321 g/mol. The Morgan fingerprint density at radius 1 is 1.56 bits per heavy atom. The molecule has 0 radical (unpaired) electrons. The van der Waals surface area contributed by atoms with Crippen LogP contribution in [0.3, 0.4) is 0 Å². The fourth-order valence-electron chi connectivity index (χ4n) is 1.18. The van der Waals surface area contributed by atoms with Crippen LogP contribution in [0.2, 0.25) is 0 Å². The summed E-state index contributed by atoms with van der Waals surface area (Å²) >= 11 is 2.01. The predicted octanol–water partition coefficient (Wildman–Crippen LogP) is 2.35. The van der Waals surface area contributed by atoms with Gasteiger partial charge in [-0.2, -0.15) is 5.26 Å². The van der Waals surface area contributed by atoms with E-state index >= 15 is 0 Å². The van der Waals surface area contributed by atoms with Gasteiger partial charge in [0.2, 0.25) is 0 Å². The largest absolute Gasteiger partial charge is 0.495 e. The Hall–Kier alpha value is -1.29. The molecule has 5 heteroatoms. The Labute approximate surface area is 107 Å². The van der Waals surface area contributed by atoms with Crippen molar-refractivity contribution >= 4 is 28.6 Å². The molecule has 0 spiro atoms. The number of benzene rings is 1. The highest BCUT2D eigenvalue weighted by Gasteiger charge is 2.15. The predicted molar refractivity (Wildman–Crippen MR) is 66.4 cm³/mol. The molecule has 0 unspecified atom stereocenters. The molecule has 1 rings (SSSR count). The Bertz CT molecular complexity index is 451. The van der Waals surface area contributed by atoms with Crippen molar-refractivity contribution in [2.75, 3.05) is 13.7 Å². The number of esters is 1. The van der Waals surface area contributed by atoms with Crippen LogP contribution in [-0.4, -0.2) is 19.7 Å². The van der Waals surface area contributed by atoms with Crippen LogP contribution in [0.4, 0.5) is 0 Å². The summed E-state index contributed by atoms with van der Waals surface area (Å²) in [4.78, 5) is 11.6. The Kier molecular flexibility index (Phi) is 4.55. The van der Waals surface area contributed by atoms with Crippen molar-refractivity contribution in [1.82, 2.24) is 0 Å². The molecule has 0 aliphatic rings. The first-order valence-electron chi connectivity index (χ1n) is 4.58. The molecule has 0 saturated heterocycles. The van der Waals surface area contributed by atoms with E-state index in [9.17, 15) is 4.79 Å². The van der Waals surface area contributed by atoms with E-state index in [2.05, 4.69) is 0 Å². The summed E-state index contributed by atoms with van der Waals surface area (Å²) in [6, 6.07) is 5.10. The number of carbonyl (C=O) groups is 1. The maximum absolute atomic E-state index is 11.6. The summed E-state index contributed by atoms with van der Waals surface area (Å²) in [6.45, 7) is 2.04. The van der Waals surface area contributed by atoms with Gasteiger partial charge in [-0.05, 0) is 41.6 Å². The van der Waals surface area contributed by atoms with E-state index < -0.39 is 5.97 Å². The topological polar surface area (TPSA) is 59.3 Å². The van der Waals surface area contributed by atoms with Crippen LogP contribution < -0.4 is 4.74 Å². The van der Waals surface area contributed by atoms with E-state index in [0.717, 1.165) is 0 Å². The molecule has 1 aromatic rings. The molecule has 0 aliphatic heterocycles. The number of nitriles is 1. The minimum Gasteiger partial charge on any atom is -0.495 e. The van der Waals surface area contributed by atoms with Crippen molar-refractivity contribution in [3.05, 3.63) is 26.8 Å². The van der Waals surface area contributed by atoms with Crippen LogP contribution in [0.5, 0.6) is 5.75 Å². The van der Waals surface area contributed by atoms with Gasteiger partial charge in [0.1, 0.15) is 11.8 Å². The average Bonchev–Trinajstić information content (AvgIpc) is 2.28. The summed E-state index contributed by atoms with van der Waals surface area (Å²) in [5.41, 5.74) is 0.714. The number of halogens is 1. The second-order valence-corrected chi connectivity index (χ2v) is 4.03. The fraction of sp³-hybridized carbons (Fsp3) is 0.273. The van der Waals surface area contributed by atoms with Crippen LogP contribution in [0.25, 0.3) is 0 Å². The normalized spacial score (nSPS) is 9.38. The number of methoxy groups -OCH3 is 1. The number of rotatable bonds is 3. The van der Waals surface area contributed by atoms with Gasteiger partial charge in [0.25, 0.3) is 0 Å². The lowest BCUT2D eigenvalue weighted by molar-refractivity contribution is 0.0525. The molecule has 0 saturated carbocycles. The van der Waals surface area contributed by atoms with E-state index in [-0.39, 0.29) is 0 Å². The van der Waals surface area contributed by atoms with Crippen LogP contribution in [0, 0.1) is 14.9 Å². The molecule has 84 valence electrons. The molecular formula is C11H10INO3. The third-order valence-electron chi connectivity index (χ3n) is 1.90. The smallest absolute Gasteiger partial charge is 0.339 e. The molecule has 0 fully saturated rings. The van der Waals surface area contributed by atoms with Gasteiger partial charge < -0.3 is 9.47 Å². The first-order chi connectivity index (χ1) is 7.63. The van der Waals surface area contributed by atoms with E-state index in [1.165, 1.54) is 13.2 Å². The third-order valence-corrected chi connectivity index (χ3v) is 2.80. The van der Waals surface area contributed by atoms with Gasteiger partial charge in [-0.25, -0.2) is 4.79 Å². The van der Waals surface area contributed by atoms with Gasteiger partial charge in [-0.3, -0.25) is 0 Å². The van der Waals surface area contributed by atoms with Crippen molar-refractivity contribution in [2.24, 2.45) is 0 Å². The second kappa shape index (κ2) is 5.70.